The monoisotopic (exact) mass is 595 g/mol. The highest BCUT2D eigenvalue weighted by Crippen LogP contribution is 2.29. The first-order valence-electron chi connectivity index (χ1n) is 11.5. The molecule has 3 aromatic carbocycles. The van der Waals surface area contributed by atoms with E-state index in [4.69, 9.17) is 16.3 Å². The Morgan fingerprint density at radius 3 is 2.45 bits per heavy atom. The standard InChI is InChI=1S/C28H23BrClN3O5/c1-15-5-8-21(10-17(15)3)33-27(36)22(26(35)32-28(33)37)12-18-11-19(29)6-9-24(18)38-14-25(34)31-20-7-4-16(2)23(30)13-20/h4-13H,14H2,1-3H3,(H,31,34)(H,32,35,37)/b22-12-. The van der Waals surface area contributed by atoms with Crippen LogP contribution in [0.15, 0.2) is 64.6 Å². The number of barbiturate groups is 1. The number of hydrogen-bond donors (Lipinski definition) is 2. The zero-order valence-electron chi connectivity index (χ0n) is 20.7. The van der Waals surface area contributed by atoms with E-state index >= 15 is 0 Å². The molecule has 0 radical (unpaired) electrons. The average molecular weight is 597 g/mol. The first-order valence-corrected chi connectivity index (χ1v) is 12.7. The van der Waals surface area contributed by atoms with Crippen LogP contribution in [0.5, 0.6) is 5.75 Å². The summed E-state index contributed by atoms with van der Waals surface area (Å²) < 4.78 is 6.37. The van der Waals surface area contributed by atoms with Gasteiger partial charge in [0.15, 0.2) is 6.61 Å². The first kappa shape index (κ1) is 27.1. The SMILES string of the molecule is Cc1ccc(N2C(=O)NC(=O)/C(=C/c3cc(Br)ccc3OCC(=O)Nc3ccc(C)c(Cl)c3)C2=O)cc1C. The molecule has 0 atom stereocenters. The molecule has 0 spiro atoms. The molecule has 1 aliphatic rings. The van der Waals surface area contributed by atoms with Gasteiger partial charge in [0.25, 0.3) is 17.7 Å². The molecule has 4 rings (SSSR count). The lowest BCUT2D eigenvalue weighted by molar-refractivity contribution is -0.122. The van der Waals surface area contributed by atoms with Gasteiger partial charge in [0.2, 0.25) is 0 Å². The number of amides is 5. The third kappa shape index (κ3) is 5.95. The molecule has 8 nitrogen and oxygen atoms in total. The summed E-state index contributed by atoms with van der Waals surface area (Å²) in [7, 11) is 0. The highest BCUT2D eigenvalue weighted by atomic mass is 79.9. The average Bonchev–Trinajstić information content (AvgIpc) is 2.85. The van der Waals surface area contributed by atoms with Crippen LogP contribution in [0.25, 0.3) is 6.08 Å². The number of benzene rings is 3. The Kier molecular flexibility index (Phi) is 7.99. The maximum Gasteiger partial charge on any atom is 0.335 e. The van der Waals surface area contributed by atoms with Gasteiger partial charge in [-0.15, -0.1) is 0 Å². The fourth-order valence-electron chi connectivity index (χ4n) is 3.69. The topological polar surface area (TPSA) is 105 Å². The number of nitrogens with one attached hydrogen (secondary N) is 2. The molecule has 1 fully saturated rings. The second-order valence-corrected chi connectivity index (χ2v) is 10.0. The summed E-state index contributed by atoms with van der Waals surface area (Å²) in [6, 6.07) is 14.4. The van der Waals surface area contributed by atoms with Crippen molar-refractivity contribution in [3.05, 3.63) is 91.9 Å². The lowest BCUT2D eigenvalue weighted by atomic mass is 10.0. The smallest absolute Gasteiger partial charge is 0.335 e. The summed E-state index contributed by atoms with van der Waals surface area (Å²) in [5.74, 6) is -1.78. The summed E-state index contributed by atoms with van der Waals surface area (Å²) in [5.41, 5.74) is 3.73. The summed E-state index contributed by atoms with van der Waals surface area (Å²) in [4.78, 5) is 51.9. The van der Waals surface area contributed by atoms with Gasteiger partial charge in [-0.3, -0.25) is 19.7 Å². The Hall–Kier alpha value is -3.95. The third-order valence-corrected chi connectivity index (χ3v) is 6.84. The van der Waals surface area contributed by atoms with Gasteiger partial charge in [-0.1, -0.05) is 39.7 Å². The van der Waals surface area contributed by atoms with Crippen molar-refractivity contribution in [1.82, 2.24) is 5.32 Å². The quantitative estimate of drug-likeness (QED) is 0.280. The van der Waals surface area contributed by atoms with Crippen LogP contribution in [0.1, 0.15) is 22.3 Å². The lowest BCUT2D eigenvalue weighted by Gasteiger charge is -2.27. The van der Waals surface area contributed by atoms with Crippen LogP contribution >= 0.6 is 27.5 Å². The number of aryl methyl sites for hydroxylation is 3. The van der Waals surface area contributed by atoms with E-state index in [9.17, 15) is 19.2 Å². The zero-order chi connectivity index (χ0) is 27.6. The third-order valence-electron chi connectivity index (χ3n) is 5.94. The first-order chi connectivity index (χ1) is 18.0. The van der Waals surface area contributed by atoms with Crippen molar-refractivity contribution in [1.29, 1.82) is 0 Å². The highest BCUT2D eigenvalue weighted by molar-refractivity contribution is 9.10. The van der Waals surface area contributed by atoms with Crippen LogP contribution in [0.4, 0.5) is 16.2 Å². The van der Waals surface area contributed by atoms with Crippen molar-refractivity contribution in [3.63, 3.8) is 0 Å². The van der Waals surface area contributed by atoms with Crippen LogP contribution in [0.3, 0.4) is 0 Å². The Balaban J connectivity index is 1.58. The predicted molar refractivity (Wildman–Crippen MR) is 149 cm³/mol. The number of nitrogens with zero attached hydrogens (tertiary/aromatic N) is 1. The summed E-state index contributed by atoms with van der Waals surface area (Å²) in [5, 5.41) is 5.45. The molecule has 2 N–H and O–H groups in total. The summed E-state index contributed by atoms with van der Waals surface area (Å²) in [6.07, 6.45) is 1.33. The number of anilines is 2. The second-order valence-electron chi connectivity index (χ2n) is 8.71. The molecule has 1 heterocycles. The number of carbonyl (C=O) groups excluding carboxylic acids is 4. The van der Waals surface area contributed by atoms with E-state index in [2.05, 4.69) is 26.6 Å². The zero-order valence-corrected chi connectivity index (χ0v) is 23.1. The van der Waals surface area contributed by atoms with E-state index < -0.39 is 23.8 Å². The van der Waals surface area contributed by atoms with Gasteiger partial charge in [-0.05, 0) is 86.0 Å². The minimum absolute atomic E-state index is 0.257. The molecule has 0 unspecified atom stereocenters. The normalized spacial score (nSPS) is 14.5. The van der Waals surface area contributed by atoms with Gasteiger partial charge in [0.05, 0.1) is 5.69 Å². The van der Waals surface area contributed by atoms with Crippen molar-refractivity contribution in [2.75, 3.05) is 16.8 Å². The number of halogens is 2. The number of carbonyl (C=O) groups is 4. The van der Waals surface area contributed by atoms with Gasteiger partial charge < -0.3 is 10.1 Å². The van der Waals surface area contributed by atoms with Gasteiger partial charge in [-0.25, -0.2) is 9.69 Å². The highest BCUT2D eigenvalue weighted by Gasteiger charge is 2.37. The molecule has 0 saturated carbocycles. The van der Waals surface area contributed by atoms with Crippen LogP contribution in [-0.2, 0) is 14.4 Å². The van der Waals surface area contributed by atoms with Gasteiger partial charge in [0.1, 0.15) is 11.3 Å². The predicted octanol–water partition coefficient (Wildman–Crippen LogP) is 5.71. The van der Waals surface area contributed by atoms with E-state index in [-0.39, 0.29) is 17.9 Å². The second kappa shape index (κ2) is 11.2. The largest absolute Gasteiger partial charge is 0.483 e. The van der Waals surface area contributed by atoms with E-state index in [1.165, 1.54) is 6.08 Å². The molecule has 1 saturated heterocycles. The fourth-order valence-corrected chi connectivity index (χ4v) is 4.25. The Morgan fingerprint density at radius 2 is 1.74 bits per heavy atom. The molecule has 1 aliphatic heterocycles. The van der Waals surface area contributed by atoms with Gasteiger partial charge >= 0.3 is 6.03 Å². The van der Waals surface area contributed by atoms with Crippen LogP contribution in [0.2, 0.25) is 5.02 Å². The van der Waals surface area contributed by atoms with Crippen LogP contribution < -0.4 is 20.3 Å². The van der Waals surface area contributed by atoms with Gasteiger partial charge in [-0.2, -0.15) is 0 Å². The van der Waals surface area contributed by atoms with E-state index in [0.29, 0.717) is 26.4 Å². The molecule has 194 valence electrons. The Labute approximate surface area is 232 Å². The van der Waals surface area contributed by atoms with E-state index in [1.54, 1.807) is 54.6 Å². The molecule has 38 heavy (non-hydrogen) atoms. The molecule has 3 aromatic rings. The molecular formula is C28H23BrClN3O5. The van der Waals surface area contributed by atoms with Crippen LogP contribution in [-0.4, -0.2) is 30.4 Å². The minimum atomic E-state index is -0.834. The van der Waals surface area contributed by atoms with Crippen LogP contribution in [0, 0.1) is 20.8 Å². The molecule has 0 aromatic heterocycles. The Bertz CT molecular complexity index is 1520. The number of ether oxygens (including phenoxy) is 1. The number of imide groups is 2. The fraction of sp³-hybridized carbons (Fsp3) is 0.143. The molecule has 10 heteroatoms. The number of rotatable bonds is 6. The van der Waals surface area contributed by atoms with Crippen molar-refractivity contribution in [2.45, 2.75) is 20.8 Å². The molecular weight excluding hydrogens is 574 g/mol. The Morgan fingerprint density at radius 1 is 1.00 bits per heavy atom. The van der Waals surface area contributed by atoms with Gasteiger partial charge in [0, 0.05) is 20.7 Å². The molecule has 0 bridgehead atoms. The molecule has 0 aliphatic carbocycles. The maximum atomic E-state index is 13.3. The van der Waals surface area contributed by atoms with E-state index in [1.807, 2.05) is 20.8 Å². The molecule has 5 amide bonds. The minimum Gasteiger partial charge on any atom is -0.483 e. The van der Waals surface area contributed by atoms with E-state index in [0.717, 1.165) is 21.6 Å². The van der Waals surface area contributed by atoms with Crippen molar-refractivity contribution >= 4 is 68.7 Å². The van der Waals surface area contributed by atoms with Crippen molar-refractivity contribution in [2.24, 2.45) is 0 Å². The van der Waals surface area contributed by atoms with Crippen molar-refractivity contribution in [3.8, 4) is 5.75 Å². The number of urea groups is 1. The summed E-state index contributed by atoms with van der Waals surface area (Å²) >= 11 is 9.49. The summed E-state index contributed by atoms with van der Waals surface area (Å²) in [6.45, 7) is 5.30. The maximum absolute atomic E-state index is 13.3. The van der Waals surface area contributed by atoms with Crippen molar-refractivity contribution < 1.29 is 23.9 Å². The number of hydrogen-bond acceptors (Lipinski definition) is 5. The lowest BCUT2D eigenvalue weighted by Crippen LogP contribution is -2.54.